The Morgan fingerprint density at radius 2 is 1.92 bits per heavy atom. The van der Waals surface area contributed by atoms with Crippen LogP contribution in [0.25, 0.3) is 5.69 Å². The molecular weight excluding hydrogens is 329 g/mol. The largest absolute Gasteiger partial charge is 0.310 e. The highest BCUT2D eigenvalue weighted by atomic mass is 19.1. The summed E-state index contributed by atoms with van der Waals surface area (Å²) >= 11 is 0. The summed E-state index contributed by atoms with van der Waals surface area (Å²) in [7, 11) is 0. The summed E-state index contributed by atoms with van der Waals surface area (Å²) in [5.41, 5.74) is 1.45. The van der Waals surface area contributed by atoms with Crippen LogP contribution >= 0.6 is 0 Å². The Morgan fingerprint density at radius 3 is 2.50 bits per heavy atom. The number of allylic oxidation sites excluding steroid dienone is 2. The first-order chi connectivity index (χ1) is 12.3. The molecule has 1 saturated carbocycles. The third-order valence-electron chi connectivity index (χ3n) is 5.42. The maximum atomic E-state index is 13.3. The van der Waals surface area contributed by atoms with Gasteiger partial charge in [0.05, 0.1) is 11.4 Å². The standard InChI is InChI=1S/C21H24FN3O/c1-21(2,3)18-12-19(25(24-18)16-8-6-15(22)7-9-16)23-20(26)17-11-13-4-5-14(17)10-13/h4-9,12-14,17H,10-11H2,1-3H3,(H,23,26). The van der Waals surface area contributed by atoms with Crippen molar-refractivity contribution < 1.29 is 9.18 Å². The molecule has 1 N–H and O–H groups in total. The number of halogens is 1. The molecule has 2 aliphatic rings. The number of carbonyl (C=O) groups excluding carboxylic acids is 1. The average molecular weight is 353 g/mol. The Bertz CT molecular complexity index is 860. The van der Waals surface area contributed by atoms with E-state index >= 15 is 0 Å². The van der Waals surface area contributed by atoms with Gasteiger partial charge in [0.2, 0.25) is 5.91 Å². The molecule has 2 aliphatic carbocycles. The van der Waals surface area contributed by atoms with Crippen LogP contribution in [0.2, 0.25) is 0 Å². The summed E-state index contributed by atoms with van der Waals surface area (Å²) in [4.78, 5) is 12.9. The fourth-order valence-corrected chi connectivity index (χ4v) is 3.92. The molecule has 136 valence electrons. The second-order valence-corrected chi connectivity index (χ2v) is 8.43. The minimum absolute atomic E-state index is 0.0275. The summed E-state index contributed by atoms with van der Waals surface area (Å²) < 4.78 is 15.0. The van der Waals surface area contributed by atoms with Crippen molar-refractivity contribution in [1.29, 1.82) is 0 Å². The van der Waals surface area contributed by atoms with Crippen LogP contribution in [0.5, 0.6) is 0 Å². The molecular formula is C21H24FN3O. The molecule has 2 bridgehead atoms. The Balaban J connectivity index is 1.65. The van der Waals surface area contributed by atoms with E-state index in [1.807, 2.05) is 6.07 Å². The second kappa shape index (κ2) is 6.08. The van der Waals surface area contributed by atoms with Gasteiger partial charge in [-0.15, -0.1) is 0 Å². The van der Waals surface area contributed by atoms with E-state index in [1.165, 1.54) is 12.1 Å². The molecule has 1 heterocycles. The highest BCUT2D eigenvalue weighted by Crippen LogP contribution is 2.44. The molecule has 4 nitrogen and oxygen atoms in total. The Morgan fingerprint density at radius 1 is 1.19 bits per heavy atom. The van der Waals surface area contributed by atoms with Gasteiger partial charge in [0.1, 0.15) is 11.6 Å². The number of carbonyl (C=O) groups is 1. The molecule has 0 radical (unpaired) electrons. The van der Waals surface area contributed by atoms with E-state index in [9.17, 15) is 9.18 Å². The van der Waals surface area contributed by atoms with E-state index in [-0.39, 0.29) is 23.1 Å². The molecule has 0 spiro atoms. The lowest BCUT2D eigenvalue weighted by Gasteiger charge is -2.18. The second-order valence-electron chi connectivity index (χ2n) is 8.43. The number of hydrogen-bond acceptors (Lipinski definition) is 2. The molecule has 26 heavy (non-hydrogen) atoms. The quantitative estimate of drug-likeness (QED) is 0.828. The molecule has 4 rings (SSSR count). The Hall–Kier alpha value is -2.43. The van der Waals surface area contributed by atoms with Crippen LogP contribution in [0.15, 0.2) is 42.5 Å². The van der Waals surface area contributed by atoms with Gasteiger partial charge in [-0.1, -0.05) is 32.9 Å². The van der Waals surface area contributed by atoms with Gasteiger partial charge in [-0.05, 0) is 48.9 Å². The number of fused-ring (bicyclic) bond motifs is 2. The number of aromatic nitrogens is 2. The van der Waals surface area contributed by atoms with Gasteiger partial charge in [-0.25, -0.2) is 9.07 Å². The van der Waals surface area contributed by atoms with E-state index in [0.29, 0.717) is 17.7 Å². The van der Waals surface area contributed by atoms with Crippen molar-refractivity contribution in [3.05, 3.63) is 54.0 Å². The predicted molar refractivity (Wildman–Crippen MR) is 99.7 cm³/mol. The smallest absolute Gasteiger partial charge is 0.229 e. The summed E-state index contributed by atoms with van der Waals surface area (Å²) in [6.07, 6.45) is 6.41. The van der Waals surface area contributed by atoms with Crippen molar-refractivity contribution in [3.8, 4) is 5.69 Å². The molecule has 3 atom stereocenters. The van der Waals surface area contributed by atoms with Gasteiger partial charge in [-0.3, -0.25) is 4.79 Å². The molecule has 2 aromatic rings. The van der Waals surface area contributed by atoms with Gasteiger partial charge in [0.15, 0.2) is 0 Å². The topological polar surface area (TPSA) is 46.9 Å². The number of amides is 1. The predicted octanol–water partition coefficient (Wildman–Crippen LogP) is 4.46. The highest BCUT2D eigenvalue weighted by molar-refractivity contribution is 5.93. The number of nitrogens with one attached hydrogen (secondary N) is 1. The first-order valence-corrected chi connectivity index (χ1v) is 9.17. The Kier molecular flexibility index (Phi) is 3.98. The molecule has 5 heteroatoms. The zero-order chi connectivity index (χ0) is 18.5. The Labute approximate surface area is 153 Å². The fraction of sp³-hybridized carbons (Fsp3) is 0.429. The number of rotatable bonds is 3. The first kappa shape index (κ1) is 17.0. The van der Waals surface area contributed by atoms with Gasteiger partial charge in [-0.2, -0.15) is 5.10 Å². The third kappa shape index (κ3) is 3.06. The van der Waals surface area contributed by atoms with E-state index < -0.39 is 0 Å². The SMILES string of the molecule is CC(C)(C)c1cc(NC(=O)C2CC3C=CC2C3)n(-c2ccc(F)cc2)n1. The number of benzene rings is 1. The monoisotopic (exact) mass is 353 g/mol. The normalized spacial score (nSPS) is 24.2. The van der Waals surface area contributed by atoms with Gasteiger partial charge >= 0.3 is 0 Å². The summed E-state index contributed by atoms with van der Waals surface area (Å²) in [6.45, 7) is 6.24. The minimum Gasteiger partial charge on any atom is -0.310 e. The number of anilines is 1. The molecule has 0 aliphatic heterocycles. The van der Waals surface area contributed by atoms with Crippen LogP contribution in [0.3, 0.4) is 0 Å². The molecule has 0 saturated heterocycles. The summed E-state index contributed by atoms with van der Waals surface area (Å²) in [6, 6.07) is 8.07. The molecule has 1 aromatic heterocycles. The van der Waals surface area contributed by atoms with Gasteiger partial charge in [0.25, 0.3) is 0 Å². The number of hydrogen-bond donors (Lipinski definition) is 1. The van der Waals surface area contributed by atoms with Crippen LogP contribution in [0, 0.1) is 23.6 Å². The molecule has 3 unspecified atom stereocenters. The minimum atomic E-state index is -0.295. The maximum Gasteiger partial charge on any atom is 0.229 e. The lowest BCUT2D eigenvalue weighted by atomic mass is 9.92. The zero-order valence-corrected chi connectivity index (χ0v) is 15.4. The van der Waals surface area contributed by atoms with Crippen molar-refractivity contribution in [1.82, 2.24) is 9.78 Å². The van der Waals surface area contributed by atoms with Crippen molar-refractivity contribution in [3.63, 3.8) is 0 Å². The zero-order valence-electron chi connectivity index (χ0n) is 15.4. The lowest BCUT2D eigenvalue weighted by Crippen LogP contribution is -2.27. The molecule has 1 aromatic carbocycles. The third-order valence-corrected chi connectivity index (χ3v) is 5.42. The van der Waals surface area contributed by atoms with E-state index in [2.05, 4.69) is 43.3 Å². The number of nitrogens with zero attached hydrogens (tertiary/aromatic N) is 2. The van der Waals surface area contributed by atoms with Crippen molar-refractivity contribution in [2.45, 2.75) is 39.0 Å². The molecule has 1 fully saturated rings. The molecule has 1 amide bonds. The summed E-state index contributed by atoms with van der Waals surface area (Å²) in [5.74, 6) is 1.31. The van der Waals surface area contributed by atoms with Crippen LogP contribution in [0.4, 0.5) is 10.2 Å². The van der Waals surface area contributed by atoms with Crippen LogP contribution in [-0.4, -0.2) is 15.7 Å². The van der Waals surface area contributed by atoms with Crippen molar-refractivity contribution in [2.24, 2.45) is 17.8 Å². The highest BCUT2D eigenvalue weighted by Gasteiger charge is 2.40. The van der Waals surface area contributed by atoms with E-state index in [1.54, 1.807) is 16.8 Å². The average Bonchev–Trinajstić information content (AvgIpc) is 3.30. The van der Waals surface area contributed by atoms with Crippen LogP contribution in [0.1, 0.15) is 39.3 Å². The first-order valence-electron chi connectivity index (χ1n) is 9.17. The van der Waals surface area contributed by atoms with Crippen molar-refractivity contribution >= 4 is 11.7 Å². The lowest BCUT2D eigenvalue weighted by molar-refractivity contribution is -0.120. The van der Waals surface area contributed by atoms with Crippen LogP contribution in [-0.2, 0) is 10.2 Å². The van der Waals surface area contributed by atoms with E-state index in [0.717, 1.165) is 24.2 Å². The van der Waals surface area contributed by atoms with Gasteiger partial charge < -0.3 is 5.32 Å². The van der Waals surface area contributed by atoms with Crippen molar-refractivity contribution in [2.75, 3.05) is 5.32 Å². The maximum absolute atomic E-state index is 13.3. The fourth-order valence-electron chi connectivity index (χ4n) is 3.92. The van der Waals surface area contributed by atoms with E-state index in [4.69, 9.17) is 0 Å². The summed E-state index contributed by atoms with van der Waals surface area (Å²) in [5, 5.41) is 7.75. The van der Waals surface area contributed by atoms with Crippen LogP contribution < -0.4 is 5.32 Å². The van der Waals surface area contributed by atoms with Gasteiger partial charge in [0, 0.05) is 17.4 Å².